The highest BCUT2D eigenvalue weighted by Crippen LogP contribution is 2.40. The normalized spacial score (nSPS) is 14.4. The Morgan fingerprint density at radius 1 is 0.593 bits per heavy atom. The molecule has 0 spiro atoms. The van der Waals surface area contributed by atoms with Gasteiger partial charge in [-0.25, -0.2) is 0 Å². The van der Waals surface area contributed by atoms with Gasteiger partial charge in [-0.15, -0.1) is 22.7 Å². The van der Waals surface area contributed by atoms with Crippen LogP contribution >= 0.6 is 22.7 Å². The van der Waals surface area contributed by atoms with Gasteiger partial charge in [0.25, 0.3) is 0 Å². The molecule has 2 aromatic heterocycles. The van der Waals surface area contributed by atoms with Gasteiger partial charge < -0.3 is 0 Å². The first-order valence-corrected chi connectivity index (χ1v) is 15.7. The molecule has 1 aliphatic rings. The maximum atomic E-state index is 2.52. The predicted octanol–water partition coefficient (Wildman–Crippen LogP) is 8.07. The summed E-state index contributed by atoms with van der Waals surface area (Å²) in [5.41, 5.74) is 0. The van der Waals surface area contributed by atoms with Crippen LogP contribution in [0.4, 0.5) is 0 Å². The molecule has 27 heavy (non-hydrogen) atoms. The van der Waals surface area contributed by atoms with Gasteiger partial charge in [-0.2, -0.15) is 0 Å². The Morgan fingerprint density at radius 2 is 1.00 bits per heavy atom. The van der Waals surface area contributed by atoms with E-state index in [9.17, 15) is 0 Å². The van der Waals surface area contributed by atoms with Gasteiger partial charge in [0.05, 0.1) is 0 Å². The van der Waals surface area contributed by atoms with Gasteiger partial charge in [-0.1, -0.05) is 103 Å². The molecule has 0 N–H and O–H groups in total. The summed E-state index contributed by atoms with van der Waals surface area (Å²) in [5.74, 6) is 0. The molecule has 3 rings (SSSR count). The molecule has 0 nitrogen and oxygen atoms in total. The van der Waals surface area contributed by atoms with Crippen molar-refractivity contribution in [2.24, 2.45) is 0 Å². The quantitative estimate of drug-likeness (QED) is 0.215. The Kier molecular flexibility index (Phi) is 8.67. The van der Waals surface area contributed by atoms with Crippen LogP contribution in [0.3, 0.4) is 0 Å². The second-order valence-corrected chi connectivity index (χ2v) is 14.5. The Labute approximate surface area is 176 Å². The van der Waals surface area contributed by atoms with Crippen molar-refractivity contribution in [1.29, 1.82) is 0 Å². The lowest BCUT2D eigenvalue weighted by Crippen LogP contribution is -2.54. The first kappa shape index (κ1) is 21.3. The van der Waals surface area contributed by atoms with Crippen molar-refractivity contribution in [3.05, 3.63) is 22.9 Å². The summed E-state index contributed by atoms with van der Waals surface area (Å²) in [4.78, 5) is 3.31. The highest BCUT2D eigenvalue weighted by atomic mass is 32.1. The van der Waals surface area contributed by atoms with E-state index in [1.807, 2.05) is 33.0 Å². The zero-order valence-corrected chi connectivity index (χ0v) is 20.2. The molecule has 0 saturated carbocycles. The van der Waals surface area contributed by atoms with Crippen LogP contribution in [0.2, 0.25) is 12.1 Å². The van der Waals surface area contributed by atoms with Crippen molar-refractivity contribution in [2.75, 3.05) is 0 Å². The average molecular weight is 419 g/mol. The minimum atomic E-state index is -1.49. The first-order valence-electron chi connectivity index (χ1n) is 11.5. The average Bonchev–Trinajstić information content (AvgIpc) is 3.38. The molecule has 1 aliphatic heterocycles. The molecule has 0 bridgehead atoms. The van der Waals surface area contributed by atoms with Gasteiger partial charge in [0, 0.05) is 9.75 Å². The lowest BCUT2D eigenvalue weighted by molar-refractivity contribution is 0.616. The molecule has 0 unspecified atom stereocenters. The third-order valence-corrected chi connectivity index (χ3v) is 14.1. The largest absolute Gasteiger partial charge is 0.143 e. The molecule has 0 fully saturated rings. The van der Waals surface area contributed by atoms with Crippen LogP contribution in [0.15, 0.2) is 22.9 Å². The van der Waals surface area contributed by atoms with E-state index in [0.29, 0.717) is 0 Å². The minimum Gasteiger partial charge on any atom is -0.143 e. The van der Waals surface area contributed by atoms with Crippen molar-refractivity contribution in [1.82, 2.24) is 0 Å². The van der Waals surface area contributed by atoms with Crippen molar-refractivity contribution in [3.8, 4) is 9.75 Å². The van der Waals surface area contributed by atoms with E-state index in [2.05, 4.69) is 36.7 Å². The second kappa shape index (κ2) is 11.0. The molecule has 0 radical (unpaired) electrons. The van der Waals surface area contributed by atoms with Crippen LogP contribution in [0.1, 0.15) is 90.9 Å². The third kappa shape index (κ3) is 4.97. The van der Waals surface area contributed by atoms with E-state index in [1.165, 1.54) is 89.1 Å². The molecule has 0 saturated heterocycles. The monoisotopic (exact) mass is 418 g/mol. The topological polar surface area (TPSA) is 0 Å². The molecule has 0 atom stereocenters. The summed E-state index contributed by atoms with van der Waals surface area (Å²) in [6.45, 7) is 4.63. The maximum absolute atomic E-state index is 2.52. The Bertz CT molecular complexity index is 611. The van der Waals surface area contributed by atoms with E-state index in [-0.39, 0.29) is 0 Å². The van der Waals surface area contributed by atoms with Crippen LogP contribution in [0.25, 0.3) is 9.75 Å². The molecular formula is C24H38S2Si. The summed E-state index contributed by atoms with van der Waals surface area (Å²) in [6, 6.07) is 8.04. The molecule has 2 aromatic rings. The highest BCUT2D eigenvalue weighted by molar-refractivity contribution is 7.27. The number of hydrogen-bond donors (Lipinski definition) is 0. The SMILES string of the molecule is CCCCCCCC[Si]1(CCCCCCCC)c2ccsc2-c2sccc21. The summed E-state index contributed by atoms with van der Waals surface area (Å²) in [6.07, 6.45) is 17.1. The molecule has 0 aromatic carbocycles. The Morgan fingerprint density at radius 3 is 1.44 bits per heavy atom. The van der Waals surface area contributed by atoms with Gasteiger partial charge >= 0.3 is 0 Å². The summed E-state index contributed by atoms with van der Waals surface area (Å²) in [7, 11) is -1.49. The zero-order valence-electron chi connectivity index (χ0n) is 17.5. The van der Waals surface area contributed by atoms with E-state index >= 15 is 0 Å². The van der Waals surface area contributed by atoms with Crippen molar-refractivity contribution >= 4 is 41.1 Å². The van der Waals surface area contributed by atoms with Gasteiger partial charge in [-0.3, -0.25) is 0 Å². The third-order valence-electron chi connectivity index (χ3n) is 6.48. The Hall–Kier alpha value is -0.383. The van der Waals surface area contributed by atoms with E-state index in [0.717, 1.165) is 0 Å². The van der Waals surface area contributed by atoms with Crippen LogP contribution in [-0.2, 0) is 0 Å². The number of thiophene rings is 2. The van der Waals surface area contributed by atoms with E-state index in [4.69, 9.17) is 0 Å². The minimum absolute atomic E-state index is 1.35. The molecule has 150 valence electrons. The predicted molar refractivity (Wildman–Crippen MR) is 129 cm³/mol. The summed E-state index contributed by atoms with van der Waals surface area (Å²) < 4.78 is 0. The van der Waals surface area contributed by atoms with Gasteiger partial charge in [0.1, 0.15) is 8.07 Å². The van der Waals surface area contributed by atoms with Crippen LogP contribution in [-0.4, -0.2) is 8.07 Å². The van der Waals surface area contributed by atoms with Crippen molar-refractivity contribution in [3.63, 3.8) is 0 Å². The smallest absolute Gasteiger partial charge is 0.122 e. The van der Waals surface area contributed by atoms with E-state index < -0.39 is 8.07 Å². The number of rotatable bonds is 14. The van der Waals surface area contributed by atoms with Crippen LogP contribution in [0, 0.1) is 0 Å². The zero-order chi connectivity index (χ0) is 19.0. The fourth-order valence-electron chi connectivity index (χ4n) is 4.95. The lowest BCUT2D eigenvalue weighted by atomic mass is 10.1. The van der Waals surface area contributed by atoms with Gasteiger partial charge in [-0.05, 0) is 33.2 Å². The molecular weight excluding hydrogens is 380 g/mol. The van der Waals surface area contributed by atoms with Gasteiger partial charge in [0.2, 0.25) is 0 Å². The molecule has 3 heteroatoms. The van der Waals surface area contributed by atoms with Crippen LogP contribution in [0.5, 0.6) is 0 Å². The van der Waals surface area contributed by atoms with Gasteiger partial charge in [0.15, 0.2) is 0 Å². The number of hydrogen-bond acceptors (Lipinski definition) is 2. The molecule has 3 heterocycles. The lowest BCUT2D eigenvalue weighted by Gasteiger charge is -2.29. The maximum Gasteiger partial charge on any atom is 0.122 e. The van der Waals surface area contributed by atoms with E-state index in [1.54, 1.807) is 9.75 Å². The summed E-state index contributed by atoms with van der Waals surface area (Å²) >= 11 is 4.01. The number of fused-ring (bicyclic) bond motifs is 3. The standard InChI is InChI=1S/C24H38S2Si/c1-3-5-7-9-11-13-19-27(20-14-12-10-8-6-4-2)21-15-17-25-23(21)24-22(27)16-18-26-24/h15-18H,3-14,19-20H2,1-2H3. The summed E-state index contributed by atoms with van der Waals surface area (Å²) in [5, 5.41) is 8.38. The molecule has 0 aliphatic carbocycles. The highest BCUT2D eigenvalue weighted by Gasteiger charge is 2.45. The fraction of sp³-hybridized carbons (Fsp3) is 0.667. The van der Waals surface area contributed by atoms with Crippen molar-refractivity contribution < 1.29 is 0 Å². The molecule has 0 amide bonds. The van der Waals surface area contributed by atoms with Crippen molar-refractivity contribution in [2.45, 2.75) is 103 Å². The fourth-order valence-corrected chi connectivity index (χ4v) is 13.9. The first-order chi connectivity index (χ1) is 13.3. The second-order valence-electron chi connectivity index (χ2n) is 8.44. The number of unbranched alkanes of at least 4 members (excludes halogenated alkanes) is 10. The van der Waals surface area contributed by atoms with Crippen LogP contribution < -0.4 is 10.4 Å². The Balaban J connectivity index is 1.65.